The van der Waals surface area contributed by atoms with Crippen LogP contribution in [0.3, 0.4) is 0 Å². The number of halogens is 1. The van der Waals surface area contributed by atoms with E-state index in [1.165, 1.54) is 0 Å². The van der Waals surface area contributed by atoms with Crippen molar-refractivity contribution in [3.8, 4) is 0 Å². The lowest BCUT2D eigenvalue weighted by Crippen LogP contribution is -2.42. The molecular weight excluding hydrogens is 211 g/mol. The number of piperidine rings is 1. The summed E-state index contributed by atoms with van der Waals surface area (Å²) in [5.41, 5.74) is 0.671. The van der Waals surface area contributed by atoms with Crippen LogP contribution in [0, 0.1) is 5.92 Å². The van der Waals surface area contributed by atoms with Crippen LogP contribution in [0.25, 0.3) is 0 Å². The van der Waals surface area contributed by atoms with E-state index in [9.17, 15) is 4.39 Å². The first-order valence-electron chi connectivity index (χ1n) is 5.45. The molecule has 1 aromatic rings. The molecule has 0 amide bonds. The number of alkyl halides is 1. The Morgan fingerprint density at radius 1 is 1.73 bits per heavy atom. The van der Waals surface area contributed by atoms with Crippen molar-refractivity contribution in [2.45, 2.75) is 31.9 Å². The van der Waals surface area contributed by atoms with Crippen molar-refractivity contribution in [2.24, 2.45) is 5.92 Å². The van der Waals surface area contributed by atoms with Crippen molar-refractivity contribution in [3.05, 3.63) is 16.6 Å². The van der Waals surface area contributed by atoms with E-state index in [0.717, 1.165) is 30.8 Å². The minimum atomic E-state index is -1.10. The molecule has 2 rings (SSSR count). The van der Waals surface area contributed by atoms with E-state index in [1.807, 2.05) is 0 Å². The highest BCUT2D eigenvalue weighted by Gasteiger charge is 2.35. The van der Waals surface area contributed by atoms with Crippen LogP contribution in [0.5, 0.6) is 0 Å². The smallest absolute Gasteiger partial charge is 0.117 e. The molecule has 2 heterocycles. The third-order valence-electron chi connectivity index (χ3n) is 3.15. The standard InChI is InChI=1S/C11H17FN2S/c1-11(12,5-10-7-14-8-15-10)9-3-2-4-13-6-9/h7-9,13H,2-6H2,1H3. The number of thiazole rings is 1. The Morgan fingerprint density at radius 3 is 3.20 bits per heavy atom. The lowest BCUT2D eigenvalue weighted by Gasteiger charge is -2.33. The third-order valence-corrected chi connectivity index (χ3v) is 3.93. The summed E-state index contributed by atoms with van der Waals surface area (Å²) >= 11 is 1.54. The van der Waals surface area contributed by atoms with E-state index in [-0.39, 0.29) is 5.92 Å². The highest BCUT2D eigenvalue weighted by molar-refractivity contribution is 7.09. The molecule has 1 fully saturated rings. The summed E-state index contributed by atoms with van der Waals surface area (Å²) in [6.07, 6.45) is 4.37. The van der Waals surface area contributed by atoms with Crippen molar-refractivity contribution in [1.82, 2.24) is 10.3 Å². The fourth-order valence-electron chi connectivity index (χ4n) is 2.18. The summed E-state index contributed by atoms with van der Waals surface area (Å²) in [5.74, 6) is 0.147. The topological polar surface area (TPSA) is 24.9 Å². The van der Waals surface area contributed by atoms with Crippen LogP contribution >= 0.6 is 11.3 Å². The SMILES string of the molecule is CC(F)(Cc1cncs1)C1CCCNC1. The molecule has 4 heteroatoms. The van der Waals surface area contributed by atoms with Crippen LogP contribution in [0.4, 0.5) is 4.39 Å². The number of aromatic nitrogens is 1. The van der Waals surface area contributed by atoms with E-state index in [4.69, 9.17) is 0 Å². The van der Waals surface area contributed by atoms with Gasteiger partial charge in [-0.15, -0.1) is 11.3 Å². The summed E-state index contributed by atoms with van der Waals surface area (Å²) in [6, 6.07) is 0. The highest BCUT2D eigenvalue weighted by atomic mass is 32.1. The molecule has 2 unspecified atom stereocenters. The minimum absolute atomic E-state index is 0.147. The second-order valence-corrected chi connectivity index (χ2v) is 5.44. The Labute approximate surface area is 93.9 Å². The summed E-state index contributed by atoms with van der Waals surface area (Å²) in [6.45, 7) is 3.57. The normalized spacial score (nSPS) is 26.1. The first kappa shape index (κ1) is 11.0. The van der Waals surface area contributed by atoms with Gasteiger partial charge in [-0.05, 0) is 26.3 Å². The zero-order chi connectivity index (χ0) is 10.7. The molecule has 0 bridgehead atoms. The van der Waals surface area contributed by atoms with Gasteiger partial charge in [0.15, 0.2) is 0 Å². The predicted molar refractivity (Wildman–Crippen MR) is 60.9 cm³/mol. The van der Waals surface area contributed by atoms with E-state index >= 15 is 0 Å². The monoisotopic (exact) mass is 228 g/mol. The molecule has 1 aromatic heterocycles. The van der Waals surface area contributed by atoms with Gasteiger partial charge in [-0.2, -0.15) is 0 Å². The molecule has 15 heavy (non-hydrogen) atoms. The van der Waals surface area contributed by atoms with Gasteiger partial charge in [0.25, 0.3) is 0 Å². The van der Waals surface area contributed by atoms with Crippen LogP contribution in [-0.4, -0.2) is 23.7 Å². The first-order chi connectivity index (χ1) is 7.18. The van der Waals surface area contributed by atoms with Crippen LogP contribution in [0.1, 0.15) is 24.6 Å². The fraction of sp³-hybridized carbons (Fsp3) is 0.727. The van der Waals surface area contributed by atoms with Crippen molar-refractivity contribution in [3.63, 3.8) is 0 Å². The van der Waals surface area contributed by atoms with E-state index in [1.54, 1.807) is 30.0 Å². The Hall–Kier alpha value is -0.480. The van der Waals surface area contributed by atoms with Crippen LogP contribution < -0.4 is 5.32 Å². The molecule has 0 saturated carbocycles. The maximum absolute atomic E-state index is 14.5. The summed E-state index contributed by atoms with van der Waals surface area (Å²) in [4.78, 5) is 5.03. The molecule has 0 spiro atoms. The van der Waals surface area contributed by atoms with Gasteiger partial charge in [-0.1, -0.05) is 0 Å². The van der Waals surface area contributed by atoms with Gasteiger partial charge < -0.3 is 5.32 Å². The third kappa shape index (κ3) is 2.75. The Bertz CT molecular complexity index is 292. The van der Waals surface area contributed by atoms with Gasteiger partial charge in [0.2, 0.25) is 0 Å². The lowest BCUT2D eigenvalue weighted by molar-refractivity contribution is 0.0841. The molecule has 84 valence electrons. The van der Waals surface area contributed by atoms with Crippen LogP contribution in [-0.2, 0) is 6.42 Å². The predicted octanol–water partition coefficient (Wildman–Crippen LogP) is 2.41. The molecule has 1 aliphatic rings. The van der Waals surface area contributed by atoms with E-state index in [0.29, 0.717) is 6.42 Å². The van der Waals surface area contributed by atoms with Gasteiger partial charge in [0.1, 0.15) is 5.67 Å². The largest absolute Gasteiger partial charge is 0.316 e. The molecule has 1 N–H and O–H groups in total. The number of rotatable bonds is 3. The fourth-order valence-corrected chi connectivity index (χ4v) is 2.92. The number of nitrogens with one attached hydrogen (secondary N) is 1. The summed E-state index contributed by atoms with van der Waals surface area (Å²) < 4.78 is 14.5. The van der Waals surface area contributed by atoms with E-state index < -0.39 is 5.67 Å². The maximum Gasteiger partial charge on any atom is 0.117 e. The number of nitrogens with zero attached hydrogens (tertiary/aromatic N) is 1. The second-order valence-electron chi connectivity index (χ2n) is 4.47. The Kier molecular flexibility index (Phi) is 3.36. The molecule has 1 saturated heterocycles. The molecule has 2 nitrogen and oxygen atoms in total. The summed E-state index contributed by atoms with van der Waals surface area (Å²) in [7, 11) is 0. The highest BCUT2D eigenvalue weighted by Crippen LogP contribution is 2.31. The molecule has 2 atom stereocenters. The zero-order valence-corrected chi connectivity index (χ0v) is 9.82. The van der Waals surface area contributed by atoms with Gasteiger partial charge in [0, 0.05) is 30.0 Å². The van der Waals surface area contributed by atoms with Crippen molar-refractivity contribution < 1.29 is 4.39 Å². The van der Waals surface area contributed by atoms with Crippen LogP contribution in [0.15, 0.2) is 11.7 Å². The van der Waals surface area contributed by atoms with Gasteiger partial charge in [-0.3, -0.25) is 4.98 Å². The van der Waals surface area contributed by atoms with Gasteiger partial charge >= 0.3 is 0 Å². The Morgan fingerprint density at radius 2 is 2.60 bits per heavy atom. The van der Waals surface area contributed by atoms with Gasteiger partial charge in [-0.25, -0.2) is 4.39 Å². The first-order valence-corrected chi connectivity index (χ1v) is 6.33. The Balaban J connectivity index is 1.98. The lowest BCUT2D eigenvalue weighted by atomic mass is 9.82. The minimum Gasteiger partial charge on any atom is -0.316 e. The summed E-state index contributed by atoms with van der Waals surface area (Å²) in [5, 5.41) is 3.27. The average Bonchev–Trinajstić information content (AvgIpc) is 2.71. The zero-order valence-electron chi connectivity index (χ0n) is 9.00. The molecule has 1 aliphatic heterocycles. The molecular formula is C11H17FN2S. The van der Waals surface area contributed by atoms with E-state index in [2.05, 4.69) is 10.3 Å². The molecule has 0 aliphatic carbocycles. The number of hydrogen-bond acceptors (Lipinski definition) is 3. The number of hydrogen-bond donors (Lipinski definition) is 1. The second kappa shape index (κ2) is 4.58. The van der Waals surface area contributed by atoms with Crippen LogP contribution in [0.2, 0.25) is 0 Å². The molecule has 0 radical (unpaired) electrons. The molecule has 0 aromatic carbocycles. The van der Waals surface area contributed by atoms with Crippen molar-refractivity contribution in [2.75, 3.05) is 13.1 Å². The van der Waals surface area contributed by atoms with Gasteiger partial charge in [0.05, 0.1) is 5.51 Å². The van der Waals surface area contributed by atoms with Crippen molar-refractivity contribution >= 4 is 11.3 Å². The average molecular weight is 228 g/mol. The maximum atomic E-state index is 14.5. The quantitative estimate of drug-likeness (QED) is 0.859. The van der Waals surface area contributed by atoms with Crippen molar-refractivity contribution in [1.29, 1.82) is 0 Å².